The fourth-order valence-electron chi connectivity index (χ4n) is 3.91. The van der Waals surface area contributed by atoms with Crippen molar-refractivity contribution in [2.75, 3.05) is 18.4 Å². The number of phenols is 1. The van der Waals surface area contributed by atoms with Gasteiger partial charge in [0, 0.05) is 38.3 Å². The van der Waals surface area contributed by atoms with Gasteiger partial charge in [0.2, 0.25) is 23.6 Å². The van der Waals surface area contributed by atoms with Gasteiger partial charge in [0.05, 0.1) is 11.6 Å². The Bertz CT molecular complexity index is 990. The van der Waals surface area contributed by atoms with Crippen molar-refractivity contribution in [2.45, 2.75) is 72.8 Å². The Morgan fingerprint density at radius 1 is 1.05 bits per heavy atom. The maximum Gasteiger partial charge on any atom is 0.308 e. The van der Waals surface area contributed by atoms with Gasteiger partial charge in [-0.05, 0) is 36.5 Å². The van der Waals surface area contributed by atoms with Gasteiger partial charge in [-0.2, -0.15) is 0 Å². The van der Waals surface area contributed by atoms with Crippen LogP contribution in [0.1, 0.15) is 71.8 Å². The van der Waals surface area contributed by atoms with Crippen molar-refractivity contribution in [3.8, 4) is 5.75 Å². The average molecular weight is 518 g/mol. The number of hydrogen-bond donors (Lipinski definition) is 3. The summed E-state index contributed by atoms with van der Waals surface area (Å²) in [4.78, 5) is 61.6. The molecule has 3 N–H and O–H groups in total. The van der Waals surface area contributed by atoms with Crippen molar-refractivity contribution in [3.05, 3.63) is 23.8 Å². The highest BCUT2D eigenvalue weighted by atomic mass is 16.5. The van der Waals surface area contributed by atoms with Gasteiger partial charge in [-0.1, -0.05) is 40.2 Å². The number of carbonyl (C=O) groups is 5. The molecule has 1 unspecified atom stereocenters. The Hall–Kier alpha value is -3.43. The lowest BCUT2D eigenvalue weighted by atomic mass is 9.94. The van der Waals surface area contributed by atoms with Crippen LogP contribution in [0.15, 0.2) is 18.2 Å². The number of carbonyl (C=O) groups excluding carboxylic acids is 5. The summed E-state index contributed by atoms with van der Waals surface area (Å²) >= 11 is 0. The third kappa shape index (κ3) is 9.51. The zero-order valence-electron chi connectivity index (χ0n) is 22.2. The molecule has 1 heterocycles. The largest absolute Gasteiger partial charge is 0.506 e. The molecule has 1 aromatic rings. The van der Waals surface area contributed by atoms with Crippen molar-refractivity contribution in [1.82, 2.24) is 10.2 Å². The Morgan fingerprint density at radius 3 is 2.43 bits per heavy atom. The smallest absolute Gasteiger partial charge is 0.308 e. The zero-order valence-corrected chi connectivity index (χ0v) is 22.2. The SMILES string of the molecule is CC(C)C(=O)OCc1ccc(O)c(NC(=O)CCNC(=O)CCCCCN2C(=O)CC(C(C)C)C2=O)c1. The highest BCUT2D eigenvalue weighted by molar-refractivity contribution is 6.03. The van der Waals surface area contributed by atoms with E-state index in [0.29, 0.717) is 31.4 Å². The molecule has 0 bridgehead atoms. The normalized spacial score (nSPS) is 15.4. The van der Waals surface area contributed by atoms with E-state index in [4.69, 9.17) is 4.74 Å². The topological polar surface area (TPSA) is 142 Å². The summed E-state index contributed by atoms with van der Waals surface area (Å²) in [7, 11) is 0. The Kier molecular flexibility index (Phi) is 11.6. The summed E-state index contributed by atoms with van der Waals surface area (Å²) in [6, 6.07) is 4.54. The molecule has 4 amide bonds. The van der Waals surface area contributed by atoms with Gasteiger partial charge in [0.25, 0.3) is 0 Å². The number of aromatic hydroxyl groups is 1. The van der Waals surface area contributed by atoms with Gasteiger partial charge in [0.1, 0.15) is 12.4 Å². The number of likely N-dealkylation sites (tertiary alicyclic amines) is 1. The summed E-state index contributed by atoms with van der Waals surface area (Å²) in [6.07, 6.45) is 2.57. The van der Waals surface area contributed by atoms with E-state index in [1.54, 1.807) is 19.9 Å². The lowest BCUT2D eigenvalue weighted by Gasteiger charge is -2.16. The minimum atomic E-state index is -0.383. The van der Waals surface area contributed by atoms with E-state index in [0.717, 1.165) is 0 Å². The van der Waals surface area contributed by atoms with E-state index in [1.165, 1.54) is 17.0 Å². The highest BCUT2D eigenvalue weighted by Gasteiger charge is 2.39. The number of amides is 4. The van der Waals surface area contributed by atoms with Crippen LogP contribution in [0.4, 0.5) is 5.69 Å². The minimum Gasteiger partial charge on any atom is -0.506 e. The van der Waals surface area contributed by atoms with E-state index >= 15 is 0 Å². The molecule has 10 heteroatoms. The third-order valence-electron chi connectivity index (χ3n) is 6.23. The third-order valence-corrected chi connectivity index (χ3v) is 6.23. The lowest BCUT2D eigenvalue weighted by Crippen LogP contribution is -2.32. The number of unbranched alkanes of at least 4 members (excludes halogenated alkanes) is 2. The van der Waals surface area contributed by atoms with Crippen LogP contribution in [0.5, 0.6) is 5.75 Å². The van der Waals surface area contributed by atoms with Crippen LogP contribution in [0, 0.1) is 17.8 Å². The number of ether oxygens (including phenoxy) is 1. The Morgan fingerprint density at radius 2 is 1.78 bits per heavy atom. The van der Waals surface area contributed by atoms with Crippen LogP contribution in [0.25, 0.3) is 0 Å². The van der Waals surface area contributed by atoms with Crippen molar-refractivity contribution in [1.29, 1.82) is 0 Å². The molecular formula is C27H39N3O7. The Balaban J connectivity index is 1.63. The predicted octanol–water partition coefficient (Wildman–Crippen LogP) is 3.13. The molecule has 0 aromatic heterocycles. The van der Waals surface area contributed by atoms with Crippen LogP contribution < -0.4 is 10.6 Å². The molecule has 0 aliphatic carbocycles. The van der Waals surface area contributed by atoms with Gasteiger partial charge in [-0.15, -0.1) is 0 Å². The van der Waals surface area contributed by atoms with Gasteiger partial charge >= 0.3 is 5.97 Å². The van der Waals surface area contributed by atoms with Crippen molar-refractivity contribution >= 4 is 35.3 Å². The maximum absolute atomic E-state index is 12.3. The average Bonchev–Trinajstić information content (AvgIpc) is 3.12. The predicted molar refractivity (Wildman–Crippen MR) is 137 cm³/mol. The van der Waals surface area contributed by atoms with Crippen molar-refractivity contribution < 1.29 is 33.8 Å². The Labute approximate surface area is 218 Å². The molecular weight excluding hydrogens is 478 g/mol. The molecule has 37 heavy (non-hydrogen) atoms. The molecule has 0 radical (unpaired) electrons. The summed E-state index contributed by atoms with van der Waals surface area (Å²) in [5.41, 5.74) is 0.817. The molecule has 0 spiro atoms. The van der Waals surface area contributed by atoms with E-state index in [9.17, 15) is 29.1 Å². The summed E-state index contributed by atoms with van der Waals surface area (Å²) in [5.74, 6) is -1.57. The quantitative estimate of drug-likeness (QED) is 0.149. The fraction of sp³-hybridized carbons (Fsp3) is 0.593. The number of anilines is 1. The van der Waals surface area contributed by atoms with Crippen LogP contribution in [0.2, 0.25) is 0 Å². The molecule has 204 valence electrons. The molecule has 1 aliphatic heterocycles. The highest BCUT2D eigenvalue weighted by Crippen LogP contribution is 2.27. The van der Waals surface area contributed by atoms with Crippen LogP contribution in [-0.4, -0.2) is 52.7 Å². The minimum absolute atomic E-state index is 0.0218. The summed E-state index contributed by atoms with van der Waals surface area (Å²) in [6.45, 7) is 7.90. The van der Waals surface area contributed by atoms with Crippen LogP contribution >= 0.6 is 0 Å². The molecule has 1 aliphatic rings. The zero-order chi connectivity index (χ0) is 27.5. The number of nitrogens with one attached hydrogen (secondary N) is 2. The first-order valence-corrected chi connectivity index (χ1v) is 12.9. The standard InChI is InChI=1S/C27H39N3O7/c1-17(2)20-15-25(34)30(26(20)35)13-7-5-6-8-23(32)28-12-11-24(33)29-21-14-19(9-10-22(21)31)16-37-27(36)18(3)4/h9-10,14,17-18,20,31H,5-8,11-13,15-16H2,1-4H3,(H,28,32)(H,29,33). The number of imide groups is 1. The molecule has 1 fully saturated rings. The second-order valence-electron chi connectivity index (χ2n) is 10.0. The van der Waals surface area contributed by atoms with Gasteiger partial charge in [-0.25, -0.2) is 0 Å². The number of nitrogens with zero attached hydrogens (tertiary/aromatic N) is 1. The molecule has 1 aromatic carbocycles. The van der Waals surface area contributed by atoms with Crippen molar-refractivity contribution in [2.24, 2.45) is 17.8 Å². The molecule has 2 rings (SSSR count). The molecule has 1 atom stereocenters. The summed E-state index contributed by atoms with van der Waals surface area (Å²) < 4.78 is 5.16. The molecule has 0 saturated carbocycles. The van der Waals surface area contributed by atoms with E-state index in [-0.39, 0.29) is 91.2 Å². The monoisotopic (exact) mass is 517 g/mol. The van der Waals surface area contributed by atoms with Gasteiger partial charge < -0.3 is 20.5 Å². The number of phenolic OH excluding ortho intramolecular Hbond substituents is 1. The maximum atomic E-state index is 12.3. The van der Waals surface area contributed by atoms with Crippen LogP contribution in [0.3, 0.4) is 0 Å². The first-order valence-electron chi connectivity index (χ1n) is 12.9. The van der Waals surface area contributed by atoms with E-state index in [2.05, 4.69) is 10.6 Å². The number of rotatable bonds is 14. The van der Waals surface area contributed by atoms with E-state index < -0.39 is 0 Å². The fourth-order valence-corrected chi connectivity index (χ4v) is 3.91. The van der Waals surface area contributed by atoms with E-state index in [1.807, 2.05) is 13.8 Å². The number of hydrogen-bond acceptors (Lipinski definition) is 7. The molecule has 10 nitrogen and oxygen atoms in total. The van der Waals surface area contributed by atoms with Crippen molar-refractivity contribution in [3.63, 3.8) is 0 Å². The summed E-state index contributed by atoms with van der Waals surface area (Å²) in [5, 5.41) is 15.3. The number of benzene rings is 1. The van der Waals surface area contributed by atoms with Gasteiger partial charge in [-0.3, -0.25) is 28.9 Å². The lowest BCUT2D eigenvalue weighted by molar-refractivity contribution is -0.148. The van der Waals surface area contributed by atoms with Crippen LogP contribution in [-0.2, 0) is 35.3 Å². The second-order valence-corrected chi connectivity index (χ2v) is 10.0. The number of esters is 1. The first-order chi connectivity index (χ1) is 17.5. The second kappa shape index (κ2) is 14.3. The van der Waals surface area contributed by atoms with Gasteiger partial charge in [0.15, 0.2) is 0 Å². The molecule has 1 saturated heterocycles. The first kappa shape index (κ1) is 29.8.